The summed E-state index contributed by atoms with van der Waals surface area (Å²) in [4.78, 5) is 4.49. The highest BCUT2D eigenvalue weighted by atomic mass is 32.1. The van der Waals surface area contributed by atoms with Crippen LogP contribution in [-0.4, -0.2) is 21.4 Å². The SMILES string of the molecule is Cc1cccc(-c2nnc(COc3ccc(/C=N/Nc4nc5ccccc5s4)cc3)o2)c1. The van der Waals surface area contributed by atoms with Gasteiger partial charge in [-0.05, 0) is 61.0 Å². The van der Waals surface area contributed by atoms with Gasteiger partial charge in [0.25, 0.3) is 5.89 Å². The molecule has 0 saturated heterocycles. The van der Waals surface area contributed by atoms with Crippen molar-refractivity contribution >= 4 is 32.9 Å². The number of fused-ring (bicyclic) bond motifs is 1. The molecule has 1 N–H and O–H groups in total. The van der Waals surface area contributed by atoms with Crippen LogP contribution in [-0.2, 0) is 6.61 Å². The van der Waals surface area contributed by atoms with E-state index in [0.717, 1.165) is 32.0 Å². The first kappa shape index (κ1) is 19.9. The molecule has 0 fully saturated rings. The number of hydrogen-bond acceptors (Lipinski definition) is 8. The Hall–Kier alpha value is -4.04. The predicted molar refractivity (Wildman–Crippen MR) is 126 cm³/mol. The summed E-state index contributed by atoms with van der Waals surface area (Å²) in [6.45, 7) is 2.22. The molecule has 5 aromatic rings. The van der Waals surface area contributed by atoms with Crippen LogP contribution in [0, 0.1) is 6.92 Å². The number of hydrazone groups is 1. The Balaban J connectivity index is 1.16. The van der Waals surface area contributed by atoms with Crippen LogP contribution in [0.5, 0.6) is 5.75 Å². The van der Waals surface area contributed by atoms with E-state index in [0.29, 0.717) is 17.5 Å². The fourth-order valence-electron chi connectivity index (χ4n) is 3.08. The molecule has 0 amide bonds. The van der Waals surface area contributed by atoms with Gasteiger partial charge in [-0.2, -0.15) is 5.10 Å². The number of rotatable bonds is 7. The zero-order valence-electron chi connectivity index (χ0n) is 17.2. The maximum atomic E-state index is 5.76. The summed E-state index contributed by atoms with van der Waals surface area (Å²) in [7, 11) is 0. The minimum atomic E-state index is 0.200. The number of hydrogen-bond donors (Lipinski definition) is 1. The summed E-state index contributed by atoms with van der Waals surface area (Å²) < 4.78 is 12.6. The van der Waals surface area contributed by atoms with Gasteiger partial charge in [-0.15, -0.1) is 10.2 Å². The van der Waals surface area contributed by atoms with Crippen LogP contribution >= 0.6 is 11.3 Å². The molecule has 8 heteroatoms. The molecule has 0 spiro atoms. The third-order valence-corrected chi connectivity index (χ3v) is 5.58. The van der Waals surface area contributed by atoms with E-state index < -0.39 is 0 Å². The van der Waals surface area contributed by atoms with Gasteiger partial charge >= 0.3 is 0 Å². The van der Waals surface area contributed by atoms with Crippen molar-refractivity contribution < 1.29 is 9.15 Å². The Morgan fingerprint density at radius 3 is 2.75 bits per heavy atom. The summed E-state index contributed by atoms with van der Waals surface area (Å²) in [5.74, 6) is 1.61. The van der Waals surface area contributed by atoms with E-state index in [1.165, 1.54) is 0 Å². The molecule has 0 unspecified atom stereocenters. The molecule has 0 saturated carbocycles. The van der Waals surface area contributed by atoms with Crippen molar-refractivity contribution in [1.82, 2.24) is 15.2 Å². The van der Waals surface area contributed by atoms with Crippen molar-refractivity contribution in [3.8, 4) is 17.2 Å². The van der Waals surface area contributed by atoms with E-state index in [1.54, 1.807) is 17.6 Å². The summed E-state index contributed by atoms with van der Waals surface area (Å²) in [5.41, 5.74) is 6.91. The Bertz CT molecular complexity index is 1340. The molecule has 0 atom stereocenters. The highest BCUT2D eigenvalue weighted by Gasteiger charge is 2.09. The minimum absolute atomic E-state index is 0.200. The molecule has 2 aromatic heterocycles. The van der Waals surface area contributed by atoms with Gasteiger partial charge in [-0.3, -0.25) is 5.43 Å². The number of thiazole rings is 1. The van der Waals surface area contributed by atoms with Crippen LogP contribution in [0.25, 0.3) is 21.7 Å². The van der Waals surface area contributed by atoms with E-state index in [2.05, 4.69) is 25.7 Å². The summed E-state index contributed by atoms with van der Waals surface area (Å²) in [5, 5.41) is 13.2. The number of benzene rings is 3. The minimum Gasteiger partial charge on any atom is -0.484 e. The number of nitrogens with one attached hydrogen (secondary N) is 1. The second-order valence-corrected chi connectivity index (χ2v) is 8.12. The predicted octanol–water partition coefficient (Wildman–Crippen LogP) is 5.68. The number of ether oxygens (including phenoxy) is 1. The third-order valence-electron chi connectivity index (χ3n) is 4.64. The molecule has 3 aromatic carbocycles. The van der Waals surface area contributed by atoms with Gasteiger partial charge in [0, 0.05) is 5.56 Å². The second kappa shape index (κ2) is 8.99. The lowest BCUT2D eigenvalue weighted by atomic mass is 10.1. The molecule has 2 heterocycles. The lowest BCUT2D eigenvalue weighted by molar-refractivity contribution is 0.264. The van der Waals surface area contributed by atoms with Crippen molar-refractivity contribution in [2.45, 2.75) is 13.5 Å². The monoisotopic (exact) mass is 441 g/mol. The molecule has 0 aliphatic rings. The average molecular weight is 442 g/mol. The summed E-state index contributed by atoms with van der Waals surface area (Å²) in [6.07, 6.45) is 1.74. The molecule has 7 nitrogen and oxygen atoms in total. The van der Waals surface area contributed by atoms with E-state index in [9.17, 15) is 0 Å². The normalized spacial score (nSPS) is 11.3. The number of nitrogens with zero attached hydrogens (tertiary/aromatic N) is 4. The second-order valence-electron chi connectivity index (χ2n) is 7.08. The standard InChI is InChI=1S/C24H19N5O2S/c1-16-5-4-6-18(13-16)23-28-27-22(31-23)15-30-19-11-9-17(10-12-19)14-25-29-24-26-20-7-2-3-8-21(20)32-24/h2-14H,15H2,1H3,(H,26,29)/b25-14+. The van der Waals surface area contributed by atoms with Crippen molar-refractivity contribution in [2.75, 3.05) is 5.43 Å². The lowest BCUT2D eigenvalue weighted by Gasteiger charge is -2.03. The number of para-hydroxylation sites is 1. The van der Waals surface area contributed by atoms with Gasteiger partial charge in [0.05, 0.1) is 16.4 Å². The maximum Gasteiger partial charge on any atom is 0.254 e. The highest BCUT2D eigenvalue weighted by Crippen LogP contribution is 2.25. The quantitative estimate of drug-likeness (QED) is 0.258. The fraction of sp³-hybridized carbons (Fsp3) is 0.0833. The third kappa shape index (κ3) is 4.65. The van der Waals surface area contributed by atoms with Crippen LogP contribution in [0.4, 0.5) is 5.13 Å². The number of aryl methyl sites for hydroxylation is 1. The fourth-order valence-corrected chi connectivity index (χ4v) is 3.90. The smallest absolute Gasteiger partial charge is 0.254 e. The van der Waals surface area contributed by atoms with E-state index in [-0.39, 0.29) is 6.61 Å². The molecule has 158 valence electrons. The van der Waals surface area contributed by atoms with Crippen LogP contribution in [0.2, 0.25) is 0 Å². The lowest BCUT2D eigenvalue weighted by Crippen LogP contribution is -1.96. The van der Waals surface area contributed by atoms with Gasteiger partial charge in [0.15, 0.2) is 6.61 Å². The maximum absolute atomic E-state index is 5.76. The van der Waals surface area contributed by atoms with Crippen molar-refractivity contribution in [1.29, 1.82) is 0 Å². The Morgan fingerprint density at radius 2 is 1.91 bits per heavy atom. The molecule has 32 heavy (non-hydrogen) atoms. The van der Waals surface area contributed by atoms with Gasteiger partial charge in [-0.1, -0.05) is 41.2 Å². The topological polar surface area (TPSA) is 85.4 Å². The van der Waals surface area contributed by atoms with Crippen LogP contribution in [0.15, 0.2) is 82.3 Å². The number of aromatic nitrogens is 3. The van der Waals surface area contributed by atoms with E-state index >= 15 is 0 Å². The van der Waals surface area contributed by atoms with Crippen LogP contribution in [0.1, 0.15) is 17.0 Å². The summed E-state index contributed by atoms with van der Waals surface area (Å²) in [6, 6.07) is 23.5. The number of anilines is 1. The first-order valence-corrected chi connectivity index (χ1v) is 10.8. The van der Waals surface area contributed by atoms with E-state index in [1.807, 2.05) is 79.7 Å². The molecular weight excluding hydrogens is 422 g/mol. The van der Waals surface area contributed by atoms with Crippen LogP contribution in [0.3, 0.4) is 0 Å². The first-order chi connectivity index (χ1) is 15.7. The Morgan fingerprint density at radius 1 is 1.03 bits per heavy atom. The van der Waals surface area contributed by atoms with Crippen molar-refractivity contribution in [3.63, 3.8) is 0 Å². The highest BCUT2D eigenvalue weighted by molar-refractivity contribution is 7.22. The molecule has 0 bridgehead atoms. The molecule has 0 radical (unpaired) electrons. The van der Waals surface area contributed by atoms with Crippen LogP contribution < -0.4 is 10.2 Å². The zero-order valence-corrected chi connectivity index (χ0v) is 18.0. The first-order valence-electron chi connectivity index (χ1n) is 10.00. The largest absolute Gasteiger partial charge is 0.484 e. The average Bonchev–Trinajstić information content (AvgIpc) is 3.45. The van der Waals surface area contributed by atoms with Gasteiger partial charge in [0.2, 0.25) is 11.0 Å². The summed E-state index contributed by atoms with van der Waals surface area (Å²) >= 11 is 1.56. The van der Waals surface area contributed by atoms with Gasteiger partial charge < -0.3 is 9.15 Å². The molecular formula is C24H19N5O2S. The molecule has 5 rings (SSSR count). The van der Waals surface area contributed by atoms with Crippen molar-refractivity contribution in [3.05, 3.63) is 89.8 Å². The van der Waals surface area contributed by atoms with Crippen molar-refractivity contribution in [2.24, 2.45) is 5.10 Å². The van der Waals surface area contributed by atoms with Gasteiger partial charge in [-0.25, -0.2) is 4.98 Å². The zero-order chi connectivity index (χ0) is 21.8. The van der Waals surface area contributed by atoms with E-state index in [4.69, 9.17) is 9.15 Å². The molecule has 0 aliphatic carbocycles. The Labute approximate surface area is 188 Å². The van der Waals surface area contributed by atoms with Gasteiger partial charge in [0.1, 0.15) is 5.75 Å². The molecule has 0 aliphatic heterocycles. The Kier molecular flexibility index (Phi) is 5.59.